The van der Waals surface area contributed by atoms with E-state index in [1.165, 1.54) is 44.3 Å². The summed E-state index contributed by atoms with van der Waals surface area (Å²) in [7, 11) is 0. The van der Waals surface area contributed by atoms with Crippen LogP contribution in [0.3, 0.4) is 0 Å². The van der Waals surface area contributed by atoms with Gasteiger partial charge in [0.05, 0.1) is 6.10 Å². The highest BCUT2D eigenvalue weighted by atomic mass is 16.3. The van der Waals surface area contributed by atoms with Gasteiger partial charge in [-0.1, -0.05) is 25.0 Å². The number of benzene rings is 1. The molecule has 1 N–H and O–H groups in total. The molecule has 98 valence electrons. The maximum Gasteiger partial charge on any atom is 0.0761 e. The molecule has 0 bridgehead atoms. The second kappa shape index (κ2) is 4.93. The summed E-state index contributed by atoms with van der Waals surface area (Å²) in [6.45, 7) is 3.03. The molecular weight excluding hydrogens is 222 g/mol. The number of rotatable bonds is 2. The zero-order chi connectivity index (χ0) is 12.5. The van der Waals surface area contributed by atoms with Crippen molar-refractivity contribution in [2.75, 3.05) is 11.4 Å². The fourth-order valence-electron chi connectivity index (χ4n) is 3.67. The molecule has 2 unspecified atom stereocenters. The first-order valence-corrected chi connectivity index (χ1v) is 7.30. The number of hydrogen-bond acceptors (Lipinski definition) is 2. The van der Waals surface area contributed by atoms with Crippen LogP contribution in [0, 0.1) is 5.92 Å². The SMILES string of the molecule is C[C@H](O)c1ccc(N2CCC3CCCCC32)cc1. The molecule has 1 saturated heterocycles. The maximum absolute atomic E-state index is 9.55. The third kappa shape index (κ3) is 2.14. The fourth-order valence-corrected chi connectivity index (χ4v) is 3.67. The average molecular weight is 245 g/mol. The van der Waals surface area contributed by atoms with E-state index in [9.17, 15) is 5.11 Å². The summed E-state index contributed by atoms with van der Waals surface area (Å²) < 4.78 is 0. The molecule has 1 heterocycles. The van der Waals surface area contributed by atoms with Gasteiger partial charge < -0.3 is 10.0 Å². The highest BCUT2D eigenvalue weighted by Crippen LogP contribution is 2.38. The molecule has 2 fully saturated rings. The molecular formula is C16H23NO. The van der Waals surface area contributed by atoms with Crippen LogP contribution in [0.25, 0.3) is 0 Å². The highest BCUT2D eigenvalue weighted by Gasteiger charge is 2.35. The van der Waals surface area contributed by atoms with Gasteiger partial charge in [0, 0.05) is 18.3 Å². The molecule has 1 aliphatic carbocycles. The molecule has 0 aromatic heterocycles. The average Bonchev–Trinajstić information content (AvgIpc) is 2.82. The molecule has 3 atom stereocenters. The van der Waals surface area contributed by atoms with Gasteiger partial charge in [0.2, 0.25) is 0 Å². The lowest BCUT2D eigenvalue weighted by Gasteiger charge is -2.33. The molecule has 1 saturated carbocycles. The molecule has 0 amide bonds. The molecule has 1 aromatic rings. The minimum absolute atomic E-state index is 0.361. The van der Waals surface area contributed by atoms with Crippen LogP contribution in [0.2, 0.25) is 0 Å². The van der Waals surface area contributed by atoms with Crippen LogP contribution < -0.4 is 4.90 Å². The minimum Gasteiger partial charge on any atom is -0.389 e. The normalized spacial score (nSPS) is 29.1. The zero-order valence-corrected chi connectivity index (χ0v) is 11.2. The Kier molecular flexibility index (Phi) is 3.29. The zero-order valence-electron chi connectivity index (χ0n) is 11.2. The molecule has 3 rings (SSSR count). The largest absolute Gasteiger partial charge is 0.389 e. The third-order valence-electron chi connectivity index (χ3n) is 4.72. The Bertz CT molecular complexity index is 398. The van der Waals surface area contributed by atoms with Crippen LogP contribution in [-0.4, -0.2) is 17.7 Å². The number of aliphatic hydroxyl groups is 1. The van der Waals surface area contributed by atoms with E-state index >= 15 is 0 Å². The summed E-state index contributed by atoms with van der Waals surface area (Å²) >= 11 is 0. The lowest BCUT2D eigenvalue weighted by Crippen LogP contribution is -2.34. The van der Waals surface area contributed by atoms with Crippen LogP contribution in [0.5, 0.6) is 0 Å². The second-order valence-electron chi connectivity index (χ2n) is 5.86. The second-order valence-corrected chi connectivity index (χ2v) is 5.86. The number of anilines is 1. The van der Waals surface area contributed by atoms with Crippen molar-refractivity contribution in [3.05, 3.63) is 29.8 Å². The van der Waals surface area contributed by atoms with Gasteiger partial charge in [-0.05, 0) is 49.8 Å². The van der Waals surface area contributed by atoms with Gasteiger partial charge in [0.1, 0.15) is 0 Å². The van der Waals surface area contributed by atoms with Gasteiger partial charge in [-0.25, -0.2) is 0 Å². The Labute approximate surface area is 110 Å². The van der Waals surface area contributed by atoms with Crippen molar-refractivity contribution in [3.8, 4) is 0 Å². The molecule has 2 nitrogen and oxygen atoms in total. The van der Waals surface area contributed by atoms with Crippen molar-refractivity contribution >= 4 is 5.69 Å². The van der Waals surface area contributed by atoms with E-state index in [1.54, 1.807) is 0 Å². The summed E-state index contributed by atoms with van der Waals surface area (Å²) in [5, 5.41) is 9.55. The van der Waals surface area contributed by atoms with E-state index in [1.807, 2.05) is 6.92 Å². The molecule has 0 spiro atoms. The topological polar surface area (TPSA) is 23.5 Å². The van der Waals surface area contributed by atoms with Crippen LogP contribution in [0.1, 0.15) is 50.7 Å². The number of fused-ring (bicyclic) bond motifs is 1. The Morgan fingerprint density at radius 3 is 2.56 bits per heavy atom. The quantitative estimate of drug-likeness (QED) is 0.862. The molecule has 0 radical (unpaired) electrons. The van der Waals surface area contributed by atoms with Crippen molar-refractivity contribution < 1.29 is 5.11 Å². The number of nitrogens with zero attached hydrogens (tertiary/aromatic N) is 1. The van der Waals surface area contributed by atoms with E-state index in [0.29, 0.717) is 0 Å². The smallest absolute Gasteiger partial charge is 0.0761 e. The lowest BCUT2D eigenvalue weighted by molar-refractivity contribution is 0.199. The van der Waals surface area contributed by atoms with Gasteiger partial charge >= 0.3 is 0 Å². The first-order chi connectivity index (χ1) is 8.75. The van der Waals surface area contributed by atoms with Crippen molar-refractivity contribution in [2.24, 2.45) is 5.92 Å². The number of hydrogen-bond donors (Lipinski definition) is 1. The first-order valence-electron chi connectivity index (χ1n) is 7.30. The van der Waals surface area contributed by atoms with Gasteiger partial charge in [-0.3, -0.25) is 0 Å². The molecule has 1 aromatic carbocycles. The van der Waals surface area contributed by atoms with Gasteiger partial charge in [-0.15, -0.1) is 0 Å². The van der Waals surface area contributed by atoms with E-state index in [-0.39, 0.29) is 6.10 Å². The van der Waals surface area contributed by atoms with Gasteiger partial charge in [0.15, 0.2) is 0 Å². The summed E-state index contributed by atoms with van der Waals surface area (Å²) in [5.41, 5.74) is 2.35. The van der Waals surface area contributed by atoms with Gasteiger partial charge in [-0.2, -0.15) is 0 Å². The number of aliphatic hydroxyl groups excluding tert-OH is 1. The molecule has 18 heavy (non-hydrogen) atoms. The molecule has 2 heteroatoms. The Morgan fingerprint density at radius 2 is 1.83 bits per heavy atom. The lowest BCUT2D eigenvalue weighted by atomic mass is 9.85. The first kappa shape index (κ1) is 12.0. The maximum atomic E-state index is 9.55. The van der Waals surface area contributed by atoms with Crippen molar-refractivity contribution in [1.29, 1.82) is 0 Å². The van der Waals surface area contributed by atoms with Crippen LogP contribution in [0.15, 0.2) is 24.3 Å². The van der Waals surface area contributed by atoms with Crippen LogP contribution >= 0.6 is 0 Å². The predicted molar refractivity (Wildman–Crippen MR) is 74.8 cm³/mol. The standard InChI is InChI=1S/C16H23NO/c1-12(18)13-6-8-15(9-7-13)17-11-10-14-4-2-3-5-16(14)17/h6-9,12,14,16,18H,2-5,10-11H2,1H3/t12-,14?,16?/m0/s1. The van der Waals surface area contributed by atoms with E-state index in [4.69, 9.17) is 0 Å². The van der Waals surface area contributed by atoms with E-state index in [2.05, 4.69) is 29.2 Å². The summed E-state index contributed by atoms with van der Waals surface area (Å²) in [5.74, 6) is 0.926. The van der Waals surface area contributed by atoms with Crippen LogP contribution in [-0.2, 0) is 0 Å². The summed E-state index contributed by atoms with van der Waals surface area (Å²) in [6.07, 6.45) is 6.61. The molecule has 2 aliphatic rings. The van der Waals surface area contributed by atoms with Crippen molar-refractivity contribution in [1.82, 2.24) is 0 Å². The Hall–Kier alpha value is -1.02. The summed E-state index contributed by atoms with van der Waals surface area (Å²) in [6, 6.07) is 9.26. The highest BCUT2D eigenvalue weighted by molar-refractivity contribution is 5.50. The third-order valence-corrected chi connectivity index (χ3v) is 4.72. The minimum atomic E-state index is -0.361. The van der Waals surface area contributed by atoms with E-state index in [0.717, 1.165) is 17.5 Å². The predicted octanol–water partition coefficient (Wildman–Crippen LogP) is 3.51. The van der Waals surface area contributed by atoms with Gasteiger partial charge in [0.25, 0.3) is 0 Å². The Balaban J connectivity index is 1.78. The van der Waals surface area contributed by atoms with E-state index < -0.39 is 0 Å². The van der Waals surface area contributed by atoms with Crippen LogP contribution in [0.4, 0.5) is 5.69 Å². The Morgan fingerprint density at radius 1 is 1.11 bits per heavy atom. The summed E-state index contributed by atoms with van der Waals surface area (Å²) in [4.78, 5) is 2.59. The molecule has 1 aliphatic heterocycles. The van der Waals surface area contributed by atoms with Crippen molar-refractivity contribution in [3.63, 3.8) is 0 Å². The monoisotopic (exact) mass is 245 g/mol. The fraction of sp³-hybridized carbons (Fsp3) is 0.625. The van der Waals surface area contributed by atoms with Crippen molar-refractivity contribution in [2.45, 2.75) is 51.2 Å².